The molecule has 2 rings (SSSR count). The van der Waals surface area contributed by atoms with Gasteiger partial charge in [-0.15, -0.1) is 0 Å². The molecule has 0 amide bonds. The molecule has 0 unspecified atom stereocenters. The minimum Gasteiger partial charge on any atom is -0.354 e. The summed E-state index contributed by atoms with van der Waals surface area (Å²) in [5.41, 5.74) is 7.92. The average molecular weight is 251 g/mol. The van der Waals surface area contributed by atoms with Gasteiger partial charge in [0.05, 0.1) is 12.1 Å². The lowest BCUT2D eigenvalue weighted by Gasteiger charge is -2.13. The zero-order chi connectivity index (χ0) is 13.3. The largest absolute Gasteiger partial charge is 0.354 e. The Morgan fingerprint density at radius 3 is 3.00 bits per heavy atom. The van der Waals surface area contributed by atoms with Gasteiger partial charge in [0.15, 0.2) is 0 Å². The average Bonchev–Trinajstić information content (AvgIpc) is 2.66. The van der Waals surface area contributed by atoms with Crippen molar-refractivity contribution in [1.29, 1.82) is 0 Å². The zero-order valence-corrected chi connectivity index (χ0v) is 10.0. The topological polar surface area (TPSA) is 113 Å². The molecule has 8 heteroatoms. The monoisotopic (exact) mass is 251 g/mol. The number of nitrogens with one attached hydrogen (secondary N) is 1. The van der Waals surface area contributed by atoms with E-state index in [1.54, 1.807) is 13.8 Å². The highest BCUT2D eigenvalue weighted by molar-refractivity contribution is 5.02. The highest BCUT2D eigenvalue weighted by Crippen LogP contribution is 2.29. The zero-order valence-electron chi connectivity index (χ0n) is 10.0. The van der Waals surface area contributed by atoms with Gasteiger partial charge in [-0.05, 0) is 19.4 Å². The molecule has 1 aliphatic heterocycles. The van der Waals surface area contributed by atoms with Gasteiger partial charge in [-0.3, -0.25) is 14.3 Å². The van der Waals surface area contributed by atoms with Crippen LogP contribution in [0.5, 0.6) is 0 Å². The SMILES string of the molecule is Cc1cn([C@H]2C[C@@H](N=[N+]=[N-])[C@@H](C)O2)c(=O)[nH]c1=O. The molecule has 1 aliphatic rings. The first-order chi connectivity index (χ1) is 8.52. The lowest BCUT2D eigenvalue weighted by atomic mass is 10.1. The van der Waals surface area contributed by atoms with E-state index >= 15 is 0 Å². The molecule has 3 atom stereocenters. The normalized spacial score (nSPS) is 26.9. The van der Waals surface area contributed by atoms with Crippen molar-refractivity contribution in [3.63, 3.8) is 0 Å². The summed E-state index contributed by atoms with van der Waals surface area (Å²) in [6, 6.07) is -0.306. The molecular weight excluding hydrogens is 238 g/mol. The smallest absolute Gasteiger partial charge is 0.330 e. The maximum atomic E-state index is 11.7. The van der Waals surface area contributed by atoms with Crippen LogP contribution >= 0.6 is 0 Å². The number of hydrogen-bond acceptors (Lipinski definition) is 4. The second-order valence-electron chi connectivity index (χ2n) is 4.28. The summed E-state index contributed by atoms with van der Waals surface area (Å²) in [5, 5.41) is 3.62. The standard InChI is InChI=1S/C10H13N5O3/c1-5-4-15(10(17)12-9(5)16)8-3-7(13-14-11)6(2)18-8/h4,6-8H,3H2,1-2H3,(H,12,16,17)/t6-,7-,8-/m1/s1. The van der Waals surface area contributed by atoms with Gasteiger partial charge in [0.2, 0.25) is 0 Å². The van der Waals surface area contributed by atoms with Crippen LogP contribution in [0, 0.1) is 6.92 Å². The van der Waals surface area contributed by atoms with Crippen molar-refractivity contribution < 1.29 is 4.74 Å². The molecule has 0 aliphatic carbocycles. The van der Waals surface area contributed by atoms with Crippen LogP contribution in [-0.4, -0.2) is 21.7 Å². The van der Waals surface area contributed by atoms with E-state index in [2.05, 4.69) is 15.0 Å². The summed E-state index contributed by atoms with van der Waals surface area (Å²) >= 11 is 0. The van der Waals surface area contributed by atoms with Crippen molar-refractivity contribution in [1.82, 2.24) is 9.55 Å². The quantitative estimate of drug-likeness (QED) is 0.477. The molecule has 0 saturated carbocycles. The van der Waals surface area contributed by atoms with Crippen LogP contribution < -0.4 is 11.2 Å². The van der Waals surface area contributed by atoms with E-state index in [1.165, 1.54) is 10.8 Å². The van der Waals surface area contributed by atoms with Gasteiger partial charge in [0.1, 0.15) is 6.23 Å². The number of ether oxygens (including phenoxy) is 1. The Morgan fingerprint density at radius 1 is 1.61 bits per heavy atom. The summed E-state index contributed by atoms with van der Waals surface area (Å²) in [6.07, 6.45) is 1.09. The summed E-state index contributed by atoms with van der Waals surface area (Å²) in [6.45, 7) is 3.39. The third-order valence-corrected chi connectivity index (χ3v) is 3.01. The van der Waals surface area contributed by atoms with E-state index in [0.717, 1.165) is 0 Å². The number of rotatable bonds is 2. The van der Waals surface area contributed by atoms with Crippen LogP contribution in [0.4, 0.5) is 0 Å². The Labute approximate surface area is 102 Å². The molecule has 1 saturated heterocycles. The molecule has 18 heavy (non-hydrogen) atoms. The first-order valence-electron chi connectivity index (χ1n) is 5.54. The molecule has 0 spiro atoms. The van der Waals surface area contributed by atoms with Gasteiger partial charge in [0, 0.05) is 23.1 Å². The highest BCUT2D eigenvalue weighted by atomic mass is 16.5. The van der Waals surface area contributed by atoms with E-state index in [9.17, 15) is 9.59 Å². The maximum Gasteiger partial charge on any atom is 0.330 e. The fourth-order valence-corrected chi connectivity index (χ4v) is 1.98. The molecule has 8 nitrogen and oxygen atoms in total. The predicted molar refractivity (Wildman–Crippen MR) is 63.2 cm³/mol. The Bertz CT molecular complexity index is 613. The minimum atomic E-state index is -0.524. The van der Waals surface area contributed by atoms with E-state index in [1.807, 2.05) is 0 Å². The number of aromatic nitrogens is 2. The number of hydrogen-bond donors (Lipinski definition) is 1. The van der Waals surface area contributed by atoms with Crippen LogP contribution in [0.1, 0.15) is 25.1 Å². The minimum absolute atomic E-state index is 0.259. The number of H-pyrrole nitrogens is 1. The first kappa shape index (κ1) is 12.4. The molecule has 2 heterocycles. The molecule has 1 aromatic heterocycles. The van der Waals surface area contributed by atoms with E-state index in [0.29, 0.717) is 12.0 Å². The van der Waals surface area contributed by atoms with Crippen LogP contribution in [0.25, 0.3) is 10.4 Å². The summed E-state index contributed by atoms with van der Waals surface area (Å²) in [4.78, 5) is 27.9. The second kappa shape index (κ2) is 4.67. The molecule has 0 radical (unpaired) electrons. The van der Waals surface area contributed by atoms with E-state index in [4.69, 9.17) is 10.3 Å². The molecule has 1 N–H and O–H groups in total. The first-order valence-corrected chi connectivity index (χ1v) is 5.54. The summed E-state index contributed by atoms with van der Waals surface area (Å²) in [5.74, 6) is 0. The third-order valence-electron chi connectivity index (χ3n) is 3.01. The fourth-order valence-electron chi connectivity index (χ4n) is 1.98. The Balaban J connectivity index is 2.35. The van der Waals surface area contributed by atoms with Crippen LogP contribution in [0.2, 0.25) is 0 Å². The van der Waals surface area contributed by atoms with Crippen LogP contribution in [-0.2, 0) is 4.74 Å². The molecular formula is C10H13N5O3. The van der Waals surface area contributed by atoms with E-state index < -0.39 is 17.5 Å². The second-order valence-corrected chi connectivity index (χ2v) is 4.28. The van der Waals surface area contributed by atoms with Gasteiger partial charge in [-0.1, -0.05) is 5.11 Å². The number of azide groups is 1. The van der Waals surface area contributed by atoms with Crippen molar-refractivity contribution in [2.75, 3.05) is 0 Å². The van der Waals surface area contributed by atoms with Crippen molar-refractivity contribution in [3.05, 3.63) is 43.0 Å². The van der Waals surface area contributed by atoms with Gasteiger partial charge in [-0.25, -0.2) is 4.79 Å². The maximum absolute atomic E-state index is 11.7. The number of nitrogens with zero attached hydrogens (tertiary/aromatic N) is 4. The van der Waals surface area contributed by atoms with Gasteiger partial charge in [-0.2, -0.15) is 0 Å². The van der Waals surface area contributed by atoms with Crippen molar-refractivity contribution in [3.8, 4) is 0 Å². The van der Waals surface area contributed by atoms with Crippen molar-refractivity contribution in [2.24, 2.45) is 5.11 Å². The number of aromatic amines is 1. The Hall–Kier alpha value is -2.05. The Morgan fingerprint density at radius 2 is 2.33 bits per heavy atom. The molecule has 96 valence electrons. The molecule has 0 bridgehead atoms. The number of aryl methyl sites for hydroxylation is 1. The van der Waals surface area contributed by atoms with Crippen molar-refractivity contribution in [2.45, 2.75) is 38.6 Å². The highest BCUT2D eigenvalue weighted by Gasteiger charge is 2.33. The summed E-state index contributed by atoms with van der Waals surface area (Å²) < 4.78 is 6.88. The van der Waals surface area contributed by atoms with Gasteiger partial charge in [0.25, 0.3) is 5.56 Å². The Kier molecular flexibility index (Phi) is 3.22. The third kappa shape index (κ3) is 2.15. The fraction of sp³-hybridized carbons (Fsp3) is 0.600. The van der Waals surface area contributed by atoms with Crippen molar-refractivity contribution >= 4 is 0 Å². The lowest BCUT2D eigenvalue weighted by Crippen LogP contribution is -2.33. The molecule has 0 aromatic carbocycles. The lowest BCUT2D eigenvalue weighted by molar-refractivity contribution is 0.00601. The summed E-state index contributed by atoms with van der Waals surface area (Å²) in [7, 11) is 0. The van der Waals surface area contributed by atoms with Gasteiger partial charge < -0.3 is 4.74 Å². The molecule has 1 fully saturated rings. The van der Waals surface area contributed by atoms with Gasteiger partial charge >= 0.3 is 5.69 Å². The predicted octanol–water partition coefficient (Wildman–Crippen LogP) is 0.831. The van der Waals surface area contributed by atoms with Crippen LogP contribution in [0.3, 0.4) is 0 Å². The van der Waals surface area contributed by atoms with E-state index in [-0.39, 0.29) is 12.1 Å². The van der Waals surface area contributed by atoms with Crippen LogP contribution in [0.15, 0.2) is 20.9 Å². The molecule has 1 aromatic rings.